The summed E-state index contributed by atoms with van der Waals surface area (Å²) in [6.45, 7) is 15.8. The van der Waals surface area contributed by atoms with Gasteiger partial charge in [0.05, 0.1) is 0 Å². The highest BCUT2D eigenvalue weighted by Gasteiger charge is 2.27. The van der Waals surface area contributed by atoms with Gasteiger partial charge in [-0.15, -0.1) is 0 Å². The van der Waals surface area contributed by atoms with Crippen molar-refractivity contribution < 1.29 is 25.9 Å². The highest BCUT2D eigenvalue weighted by atomic mass is 32.2. The number of benzene rings is 2. The minimum Gasteiger partial charge on any atom is -0.383 e. The third kappa shape index (κ3) is 6.79. The minimum atomic E-state index is -4.43. The molecule has 4 N–H and O–H groups in total. The molecular weight excluding hydrogens is 500 g/mol. The summed E-state index contributed by atoms with van der Waals surface area (Å²) >= 11 is 0. The molecule has 0 saturated heterocycles. The average Bonchev–Trinajstić information content (AvgIpc) is 2.73. The predicted octanol–water partition coefficient (Wildman–Crippen LogP) is 6.20. The van der Waals surface area contributed by atoms with Gasteiger partial charge < -0.3 is 10.6 Å². The molecule has 0 spiro atoms. The summed E-state index contributed by atoms with van der Waals surface area (Å²) in [5.41, 5.74) is 3.41. The number of hydrogen-bond donors (Lipinski definition) is 4. The summed E-state index contributed by atoms with van der Waals surface area (Å²) in [5.74, 6) is -0.500. The molecule has 0 amide bonds. The minimum absolute atomic E-state index is 0.0466. The number of nitrogens with one attached hydrogen (secondary N) is 2. The number of rotatable bonds is 11. The van der Waals surface area contributed by atoms with Gasteiger partial charge >= 0.3 is 0 Å². The van der Waals surface area contributed by atoms with Crippen LogP contribution in [-0.2, 0) is 20.2 Å². The van der Waals surface area contributed by atoms with Crippen molar-refractivity contribution in [3.63, 3.8) is 0 Å². The lowest BCUT2D eigenvalue weighted by Crippen LogP contribution is -2.19. The molecule has 36 heavy (non-hydrogen) atoms. The Morgan fingerprint density at radius 2 is 0.889 bits per heavy atom. The van der Waals surface area contributed by atoms with Gasteiger partial charge in [-0.05, 0) is 58.1 Å². The fraction of sp³-hybridized carbons (Fsp3) is 0.538. The average molecular weight is 541 g/mol. The molecule has 10 heteroatoms. The van der Waals surface area contributed by atoms with Gasteiger partial charge in [0.1, 0.15) is 9.79 Å². The van der Waals surface area contributed by atoms with Gasteiger partial charge in [-0.3, -0.25) is 9.11 Å². The number of hydrogen-bond acceptors (Lipinski definition) is 6. The first-order valence-electron chi connectivity index (χ1n) is 12.2. The largest absolute Gasteiger partial charge is 0.383 e. The zero-order valence-corrected chi connectivity index (χ0v) is 24.0. The van der Waals surface area contributed by atoms with Crippen molar-refractivity contribution in [2.75, 3.05) is 23.7 Å². The van der Waals surface area contributed by atoms with Crippen LogP contribution in [0.5, 0.6) is 0 Å². The molecule has 0 bridgehead atoms. The molecule has 0 atom stereocenters. The first-order chi connectivity index (χ1) is 16.5. The van der Waals surface area contributed by atoms with Crippen LogP contribution in [0.3, 0.4) is 0 Å². The lowest BCUT2D eigenvalue weighted by Gasteiger charge is -2.23. The lowest BCUT2D eigenvalue weighted by molar-refractivity contribution is 0.477. The van der Waals surface area contributed by atoms with Crippen LogP contribution in [0.4, 0.5) is 11.4 Å². The predicted molar refractivity (Wildman–Crippen MR) is 146 cm³/mol. The molecule has 0 aliphatic carbocycles. The van der Waals surface area contributed by atoms with E-state index >= 15 is 0 Å². The van der Waals surface area contributed by atoms with E-state index in [1.54, 1.807) is 12.1 Å². The second kappa shape index (κ2) is 11.5. The van der Waals surface area contributed by atoms with Gasteiger partial charge in [0.2, 0.25) is 0 Å². The summed E-state index contributed by atoms with van der Waals surface area (Å²) in [5, 5.41) is 6.52. The van der Waals surface area contributed by atoms with Crippen molar-refractivity contribution in [2.24, 2.45) is 0 Å². The van der Waals surface area contributed by atoms with E-state index in [4.69, 9.17) is 0 Å². The summed E-state index contributed by atoms with van der Waals surface area (Å²) in [7, 11) is -8.86. The number of anilines is 2. The summed E-state index contributed by atoms with van der Waals surface area (Å²) < 4.78 is 69.1. The molecule has 0 saturated carbocycles. The van der Waals surface area contributed by atoms with Crippen LogP contribution >= 0.6 is 0 Å². The van der Waals surface area contributed by atoms with Gasteiger partial charge in [-0.25, -0.2) is 0 Å². The van der Waals surface area contributed by atoms with Crippen molar-refractivity contribution in [2.45, 2.75) is 88.9 Å². The molecule has 0 aliphatic rings. The second-order valence-electron chi connectivity index (χ2n) is 10.3. The Kier molecular flexibility index (Phi) is 9.61. The summed E-state index contributed by atoms with van der Waals surface area (Å²) in [6.07, 6.45) is 0. The van der Waals surface area contributed by atoms with E-state index in [1.807, 2.05) is 67.5 Å². The molecule has 2 aromatic carbocycles. The van der Waals surface area contributed by atoms with Gasteiger partial charge in [-0.1, -0.05) is 67.5 Å². The van der Waals surface area contributed by atoms with Crippen LogP contribution in [-0.4, -0.2) is 39.0 Å². The first-order valence-corrected chi connectivity index (χ1v) is 15.1. The first kappa shape index (κ1) is 30.1. The van der Waals surface area contributed by atoms with Gasteiger partial charge in [0.15, 0.2) is 0 Å². The Morgan fingerprint density at radius 3 is 1.11 bits per heavy atom. The van der Waals surface area contributed by atoms with E-state index in [-0.39, 0.29) is 33.5 Å². The van der Waals surface area contributed by atoms with Crippen LogP contribution in [0.2, 0.25) is 0 Å². The van der Waals surface area contributed by atoms with Crippen LogP contribution in [0.15, 0.2) is 34.1 Å². The monoisotopic (exact) mass is 540 g/mol. The van der Waals surface area contributed by atoms with E-state index < -0.39 is 20.2 Å². The summed E-state index contributed by atoms with van der Waals surface area (Å²) in [6, 6.07) is 7.09. The van der Waals surface area contributed by atoms with E-state index in [2.05, 4.69) is 10.6 Å². The van der Waals surface area contributed by atoms with Crippen LogP contribution in [0.1, 0.15) is 101 Å². The van der Waals surface area contributed by atoms with Crippen LogP contribution in [0.25, 0.3) is 0 Å². The Labute approximate surface area is 216 Å². The Morgan fingerprint density at radius 1 is 0.583 bits per heavy atom. The summed E-state index contributed by atoms with van der Waals surface area (Å²) in [4.78, 5) is -0.0933. The smallest absolute Gasteiger partial charge is 0.295 e. The highest BCUT2D eigenvalue weighted by molar-refractivity contribution is 7.86. The molecule has 0 aliphatic heterocycles. The third-order valence-electron chi connectivity index (χ3n) is 6.12. The van der Waals surface area contributed by atoms with Crippen molar-refractivity contribution in [1.82, 2.24) is 0 Å². The van der Waals surface area contributed by atoms with E-state index in [9.17, 15) is 25.9 Å². The third-order valence-corrected chi connectivity index (χ3v) is 8.07. The van der Waals surface area contributed by atoms with Crippen LogP contribution in [0, 0.1) is 0 Å². The molecule has 0 fully saturated rings. The maximum Gasteiger partial charge on any atom is 0.295 e. The zero-order valence-electron chi connectivity index (χ0n) is 22.4. The Bertz CT molecular complexity index is 1200. The maximum absolute atomic E-state index is 12.3. The Hall–Kier alpha value is -2.14. The molecule has 2 rings (SSSR count). The van der Waals surface area contributed by atoms with Crippen molar-refractivity contribution >= 4 is 31.6 Å². The molecule has 2 aromatic rings. The van der Waals surface area contributed by atoms with E-state index in [0.717, 1.165) is 0 Å². The van der Waals surface area contributed by atoms with Crippen LogP contribution < -0.4 is 10.6 Å². The highest BCUT2D eigenvalue weighted by Crippen LogP contribution is 2.38. The molecule has 202 valence electrons. The molecular formula is C26H40N2O6S2. The normalized spacial score (nSPS) is 12.7. The fourth-order valence-corrected chi connectivity index (χ4v) is 7.02. The fourth-order valence-electron chi connectivity index (χ4n) is 4.57. The van der Waals surface area contributed by atoms with Gasteiger partial charge in [0.25, 0.3) is 20.2 Å². The van der Waals surface area contributed by atoms with E-state index in [0.29, 0.717) is 46.7 Å². The molecule has 0 heterocycles. The molecule has 8 nitrogen and oxygen atoms in total. The zero-order chi connectivity index (χ0) is 27.6. The van der Waals surface area contributed by atoms with Gasteiger partial charge in [-0.2, -0.15) is 16.8 Å². The maximum atomic E-state index is 12.3. The molecule has 0 radical (unpaired) electrons. The lowest BCUT2D eigenvalue weighted by atomic mass is 9.93. The van der Waals surface area contributed by atoms with Crippen molar-refractivity contribution in [1.29, 1.82) is 0 Å². The van der Waals surface area contributed by atoms with Gasteiger partial charge in [0, 0.05) is 24.5 Å². The molecule has 0 aromatic heterocycles. The second-order valence-corrected chi connectivity index (χ2v) is 13.0. The Balaban J connectivity index is 2.39. The van der Waals surface area contributed by atoms with E-state index in [1.165, 1.54) is 0 Å². The quantitative estimate of drug-likeness (QED) is 0.196. The SMILES string of the molecule is CC(C)c1ccc(NCCNc2ccc(C(C)C)c(S(=O)(=O)O)c2C(C)C)c(C(C)C)c1S(=O)(=O)O. The molecule has 0 unspecified atom stereocenters. The van der Waals surface area contributed by atoms with Crippen molar-refractivity contribution in [3.8, 4) is 0 Å². The topological polar surface area (TPSA) is 133 Å². The van der Waals surface area contributed by atoms with Crippen molar-refractivity contribution in [3.05, 3.63) is 46.5 Å². The standard InChI is InChI=1S/C26H40N2O6S2/c1-15(2)19-9-11-21(23(17(5)6)25(19)35(29,30)31)27-13-14-28-22-12-10-20(16(3)4)26(36(32,33)34)24(22)18(7)8/h9-12,15-18,27-28H,13-14H2,1-8H3,(H,29,30,31)(H,32,33,34).